The van der Waals surface area contributed by atoms with Gasteiger partial charge in [-0.25, -0.2) is 8.42 Å². The summed E-state index contributed by atoms with van der Waals surface area (Å²) in [5.41, 5.74) is 2.31. The zero-order valence-corrected chi connectivity index (χ0v) is 17.1. The molecule has 0 fully saturated rings. The normalized spacial score (nSPS) is 11.1. The maximum atomic E-state index is 12.2. The maximum absolute atomic E-state index is 12.2. The Bertz CT molecular complexity index is 898. The molecule has 0 aliphatic carbocycles. The first-order chi connectivity index (χ1) is 12.7. The van der Waals surface area contributed by atoms with Crippen molar-refractivity contribution in [3.05, 3.63) is 58.6 Å². The van der Waals surface area contributed by atoms with Gasteiger partial charge in [-0.15, -0.1) is 0 Å². The highest BCUT2D eigenvalue weighted by atomic mass is 35.5. The van der Waals surface area contributed by atoms with E-state index in [2.05, 4.69) is 5.32 Å². The number of nitrogens with one attached hydrogen (secondary N) is 1. The van der Waals surface area contributed by atoms with Crippen molar-refractivity contribution in [2.24, 2.45) is 0 Å². The molecule has 0 heterocycles. The molecule has 0 atom stereocenters. The summed E-state index contributed by atoms with van der Waals surface area (Å²) in [4.78, 5) is 12.2. The van der Waals surface area contributed by atoms with Crippen LogP contribution in [-0.4, -0.2) is 40.3 Å². The lowest BCUT2D eigenvalue weighted by molar-refractivity contribution is -0.119. The molecule has 27 heavy (non-hydrogen) atoms. The lowest BCUT2D eigenvalue weighted by Gasteiger charge is -2.24. The van der Waals surface area contributed by atoms with E-state index in [1.165, 1.54) is 0 Å². The number of nitrogens with zero attached hydrogens (tertiary/aromatic N) is 1. The number of amides is 1. The van der Waals surface area contributed by atoms with Crippen molar-refractivity contribution in [3.8, 4) is 5.75 Å². The molecule has 0 spiro atoms. The average Bonchev–Trinajstić information content (AvgIpc) is 2.58. The number of carbonyl (C=O) groups excluding carboxylic acids is 1. The second kappa shape index (κ2) is 9.10. The number of ether oxygens (including phenoxy) is 1. The lowest BCUT2D eigenvalue weighted by atomic mass is 10.1. The van der Waals surface area contributed by atoms with Crippen molar-refractivity contribution in [3.63, 3.8) is 0 Å². The predicted octanol–water partition coefficient (Wildman–Crippen LogP) is 2.92. The summed E-state index contributed by atoms with van der Waals surface area (Å²) in [6, 6.07) is 12.3. The zero-order chi connectivity index (χ0) is 20.0. The van der Waals surface area contributed by atoms with E-state index in [0.29, 0.717) is 16.5 Å². The summed E-state index contributed by atoms with van der Waals surface area (Å²) in [7, 11) is -3.60. The molecule has 0 saturated heterocycles. The van der Waals surface area contributed by atoms with Crippen LogP contribution in [0.2, 0.25) is 5.02 Å². The van der Waals surface area contributed by atoms with Crippen molar-refractivity contribution in [2.75, 3.05) is 30.3 Å². The number of benzene rings is 2. The molecule has 2 aromatic rings. The van der Waals surface area contributed by atoms with E-state index in [-0.39, 0.29) is 19.7 Å². The summed E-state index contributed by atoms with van der Waals surface area (Å²) in [6.07, 6.45) is 1.09. The van der Waals surface area contributed by atoms with Crippen molar-refractivity contribution in [1.29, 1.82) is 0 Å². The standard InChI is InChI=1S/C19H23ClN2O4S/c1-14-4-9-18(15(2)12-14)22(27(3,24)25)13-19(23)21-10-11-26-17-7-5-16(20)6-8-17/h4-9,12H,10-11,13H2,1-3H3,(H,21,23). The van der Waals surface area contributed by atoms with Crippen molar-refractivity contribution in [1.82, 2.24) is 5.32 Å². The summed E-state index contributed by atoms with van der Waals surface area (Å²) < 4.78 is 30.9. The van der Waals surface area contributed by atoms with Crippen molar-refractivity contribution in [2.45, 2.75) is 13.8 Å². The minimum absolute atomic E-state index is 0.256. The topological polar surface area (TPSA) is 75.7 Å². The molecular weight excluding hydrogens is 388 g/mol. The summed E-state index contributed by atoms with van der Waals surface area (Å²) in [5.74, 6) is 0.238. The fourth-order valence-corrected chi connectivity index (χ4v) is 3.58. The van der Waals surface area contributed by atoms with E-state index in [1.807, 2.05) is 26.0 Å². The molecule has 2 rings (SSSR count). The molecule has 8 heteroatoms. The molecular formula is C19H23ClN2O4S. The minimum Gasteiger partial charge on any atom is -0.492 e. The Hall–Kier alpha value is -2.25. The van der Waals surface area contributed by atoms with Gasteiger partial charge in [-0.05, 0) is 49.7 Å². The number of rotatable bonds is 8. The van der Waals surface area contributed by atoms with Crippen LogP contribution < -0.4 is 14.4 Å². The second-order valence-corrected chi connectivity index (χ2v) is 8.56. The number of anilines is 1. The Kier molecular flexibility index (Phi) is 7.10. The third-order valence-corrected chi connectivity index (χ3v) is 5.19. The first kappa shape index (κ1) is 21.1. The highest BCUT2D eigenvalue weighted by molar-refractivity contribution is 7.92. The van der Waals surface area contributed by atoms with Gasteiger partial charge in [0.2, 0.25) is 15.9 Å². The van der Waals surface area contributed by atoms with Crippen LogP contribution in [0.1, 0.15) is 11.1 Å². The number of hydrogen-bond acceptors (Lipinski definition) is 4. The highest BCUT2D eigenvalue weighted by Crippen LogP contribution is 2.23. The largest absolute Gasteiger partial charge is 0.492 e. The maximum Gasteiger partial charge on any atom is 0.240 e. The molecule has 0 saturated carbocycles. The van der Waals surface area contributed by atoms with Crippen molar-refractivity contribution < 1.29 is 17.9 Å². The quantitative estimate of drug-likeness (QED) is 0.679. The van der Waals surface area contributed by atoms with Gasteiger partial charge < -0.3 is 10.1 Å². The number of halogens is 1. The predicted molar refractivity (Wildman–Crippen MR) is 108 cm³/mol. The first-order valence-electron chi connectivity index (χ1n) is 8.37. The molecule has 2 aromatic carbocycles. The molecule has 0 bridgehead atoms. The molecule has 1 amide bonds. The van der Waals surface area contributed by atoms with Gasteiger partial charge in [-0.2, -0.15) is 0 Å². The third kappa shape index (κ3) is 6.45. The smallest absolute Gasteiger partial charge is 0.240 e. The molecule has 1 N–H and O–H groups in total. The number of aryl methyl sites for hydroxylation is 2. The van der Waals surface area contributed by atoms with Crippen LogP contribution in [0.5, 0.6) is 5.75 Å². The molecule has 0 unspecified atom stereocenters. The van der Waals surface area contributed by atoms with Crippen LogP contribution in [0.3, 0.4) is 0 Å². The van der Waals surface area contributed by atoms with E-state index >= 15 is 0 Å². The van der Waals surface area contributed by atoms with Gasteiger partial charge in [0, 0.05) is 5.02 Å². The fraction of sp³-hybridized carbons (Fsp3) is 0.316. The molecule has 146 valence electrons. The molecule has 0 aliphatic rings. The molecule has 0 aliphatic heterocycles. The Labute approximate surface area is 165 Å². The Morgan fingerprint density at radius 2 is 1.81 bits per heavy atom. The van der Waals surface area contributed by atoms with E-state index in [1.54, 1.807) is 30.3 Å². The Morgan fingerprint density at radius 1 is 1.15 bits per heavy atom. The van der Waals surface area contributed by atoms with Gasteiger partial charge in [-0.1, -0.05) is 29.3 Å². The number of carbonyl (C=O) groups is 1. The van der Waals surface area contributed by atoms with E-state index in [9.17, 15) is 13.2 Å². The molecule has 6 nitrogen and oxygen atoms in total. The Morgan fingerprint density at radius 3 is 2.41 bits per heavy atom. The highest BCUT2D eigenvalue weighted by Gasteiger charge is 2.22. The first-order valence-corrected chi connectivity index (χ1v) is 10.6. The summed E-state index contributed by atoms with van der Waals surface area (Å²) >= 11 is 5.80. The fourth-order valence-electron chi connectivity index (χ4n) is 2.54. The molecule has 0 aromatic heterocycles. The minimum atomic E-state index is -3.60. The van der Waals surface area contributed by atoms with E-state index < -0.39 is 15.9 Å². The zero-order valence-electron chi connectivity index (χ0n) is 15.5. The van der Waals surface area contributed by atoms with Gasteiger partial charge in [0.05, 0.1) is 18.5 Å². The third-order valence-electron chi connectivity index (χ3n) is 3.82. The van der Waals surface area contributed by atoms with Gasteiger partial charge in [0.25, 0.3) is 0 Å². The van der Waals surface area contributed by atoms with Gasteiger partial charge >= 0.3 is 0 Å². The van der Waals surface area contributed by atoms with Gasteiger partial charge in [-0.3, -0.25) is 9.10 Å². The van der Waals surface area contributed by atoms with Crippen LogP contribution in [0.15, 0.2) is 42.5 Å². The van der Waals surface area contributed by atoms with Crippen LogP contribution in [0, 0.1) is 13.8 Å². The van der Waals surface area contributed by atoms with Gasteiger partial charge in [0.1, 0.15) is 18.9 Å². The SMILES string of the molecule is Cc1ccc(N(CC(=O)NCCOc2ccc(Cl)cc2)S(C)(=O)=O)c(C)c1. The van der Waals surface area contributed by atoms with E-state index in [0.717, 1.165) is 21.7 Å². The monoisotopic (exact) mass is 410 g/mol. The Balaban J connectivity index is 1.93. The second-order valence-electron chi connectivity index (χ2n) is 6.21. The summed E-state index contributed by atoms with van der Waals surface area (Å²) in [5, 5.41) is 3.29. The van der Waals surface area contributed by atoms with E-state index in [4.69, 9.17) is 16.3 Å². The lowest BCUT2D eigenvalue weighted by Crippen LogP contribution is -2.41. The van der Waals surface area contributed by atoms with Crippen LogP contribution in [0.4, 0.5) is 5.69 Å². The number of sulfonamides is 1. The average molecular weight is 411 g/mol. The van der Waals surface area contributed by atoms with Crippen LogP contribution in [0.25, 0.3) is 0 Å². The van der Waals surface area contributed by atoms with Gasteiger partial charge in [0.15, 0.2) is 0 Å². The van der Waals surface area contributed by atoms with Crippen LogP contribution in [-0.2, 0) is 14.8 Å². The van der Waals surface area contributed by atoms with Crippen LogP contribution >= 0.6 is 11.6 Å². The number of hydrogen-bond donors (Lipinski definition) is 1. The molecule has 0 radical (unpaired) electrons. The van der Waals surface area contributed by atoms with Crippen molar-refractivity contribution >= 4 is 33.2 Å². The summed E-state index contributed by atoms with van der Waals surface area (Å²) in [6.45, 7) is 3.97.